The maximum Gasteiger partial charge on any atom is 0.323 e. The lowest BCUT2D eigenvalue weighted by Gasteiger charge is -2.72. The van der Waals surface area contributed by atoms with E-state index >= 15 is 0 Å². The molecule has 0 saturated heterocycles. The van der Waals surface area contributed by atoms with Gasteiger partial charge >= 0.3 is 5.97 Å². The molecule has 3 fully saturated rings. The third-order valence-electron chi connectivity index (χ3n) is 4.28. The van der Waals surface area contributed by atoms with Gasteiger partial charge in [-0.2, -0.15) is 0 Å². The second-order valence-corrected chi connectivity index (χ2v) is 5.34. The molecule has 1 unspecified atom stereocenters. The van der Waals surface area contributed by atoms with Gasteiger partial charge in [-0.1, -0.05) is 0 Å². The fraction of sp³-hybridized carbons (Fsp3) is 0.917. The van der Waals surface area contributed by atoms with Crippen LogP contribution in [0.4, 0.5) is 0 Å². The molecular formula is C12H21NO3. The lowest BCUT2D eigenvalue weighted by atomic mass is 9.32. The van der Waals surface area contributed by atoms with Gasteiger partial charge in [0.1, 0.15) is 6.04 Å². The van der Waals surface area contributed by atoms with Crippen LogP contribution < -0.4 is 5.73 Å². The van der Waals surface area contributed by atoms with E-state index in [1.54, 1.807) is 0 Å². The van der Waals surface area contributed by atoms with Gasteiger partial charge in [0, 0.05) is 13.2 Å². The van der Waals surface area contributed by atoms with Crippen LogP contribution in [-0.4, -0.2) is 32.3 Å². The van der Waals surface area contributed by atoms with Gasteiger partial charge in [0.25, 0.3) is 0 Å². The normalized spacial score (nSPS) is 37.2. The van der Waals surface area contributed by atoms with Crippen molar-refractivity contribution >= 4 is 5.97 Å². The van der Waals surface area contributed by atoms with Crippen molar-refractivity contribution in [1.29, 1.82) is 0 Å². The SMILES string of the molecule is CCOCCC12CC(C(N)C(=O)OC)(C1)C2. The highest BCUT2D eigenvalue weighted by atomic mass is 16.5. The van der Waals surface area contributed by atoms with Crippen molar-refractivity contribution in [3.63, 3.8) is 0 Å². The molecule has 3 saturated carbocycles. The summed E-state index contributed by atoms with van der Waals surface area (Å²) in [4.78, 5) is 11.4. The summed E-state index contributed by atoms with van der Waals surface area (Å²) >= 11 is 0. The minimum atomic E-state index is -0.425. The Kier molecular flexibility index (Phi) is 2.97. The molecule has 0 aliphatic heterocycles. The van der Waals surface area contributed by atoms with Gasteiger partial charge in [-0.25, -0.2) is 0 Å². The Morgan fingerprint density at radius 1 is 1.44 bits per heavy atom. The average molecular weight is 227 g/mol. The Hall–Kier alpha value is -0.610. The smallest absolute Gasteiger partial charge is 0.323 e. The number of hydrogen-bond donors (Lipinski definition) is 1. The molecule has 2 N–H and O–H groups in total. The van der Waals surface area contributed by atoms with Crippen LogP contribution >= 0.6 is 0 Å². The molecule has 4 nitrogen and oxygen atoms in total. The highest BCUT2D eigenvalue weighted by Crippen LogP contribution is 2.75. The van der Waals surface area contributed by atoms with Crippen LogP contribution in [0.2, 0.25) is 0 Å². The molecule has 92 valence electrons. The quantitative estimate of drug-likeness (QED) is 0.545. The van der Waals surface area contributed by atoms with Crippen LogP contribution in [0.15, 0.2) is 0 Å². The second kappa shape index (κ2) is 4.00. The van der Waals surface area contributed by atoms with Crippen LogP contribution in [0, 0.1) is 10.8 Å². The molecular weight excluding hydrogens is 206 g/mol. The zero-order chi connectivity index (χ0) is 11.8. The number of nitrogens with two attached hydrogens (primary N) is 1. The molecule has 3 aliphatic rings. The Bertz CT molecular complexity index is 270. The molecule has 4 heteroatoms. The monoisotopic (exact) mass is 227 g/mol. The van der Waals surface area contributed by atoms with Crippen molar-refractivity contribution in [3.8, 4) is 0 Å². The van der Waals surface area contributed by atoms with E-state index in [-0.39, 0.29) is 11.4 Å². The minimum Gasteiger partial charge on any atom is -0.468 e. The predicted molar refractivity (Wildman–Crippen MR) is 59.8 cm³/mol. The van der Waals surface area contributed by atoms with E-state index in [0.29, 0.717) is 5.41 Å². The van der Waals surface area contributed by atoms with Crippen LogP contribution in [0.5, 0.6) is 0 Å². The van der Waals surface area contributed by atoms with Crippen molar-refractivity contribution in [3.05, 3.63) is 0 Å². The summed E-state index contributed by atoms with van der Waals surface area (Å²) in [5.41, 5.74) is 6.40. The summed E-state index contributed by atoms with van der Waals surface area (Å²) in [5.74, 6) is -0.266. The second-order valence-electron chi connectivity index (χ2n) is 5.34. The average Bonchev–Trinajstić information content (AvgIpc) is 2.17. The lowest BCUT2D eigenvalue weighted by molar-refractivity contribution is -0.228. The molecule has 3 rings (SSSR count). The first-order valence-electron chi connectivity index (χ1n) is 5.99. The molecule has 2 bridgehead atoms. The van der Waals surface area contributed by atoms with E-state index in [1.807, 2.05) is 6.92 Å². The Balaban J connectivity index is 1.77. The summed E-state index contributed by atoms with van der Waals surface area (Å²) in [7, 11) is 1.40. The fourth-order valence-electron chi connectivity index (χ4n) is 3.49. The van der Waals surface area contributed by atoms with E-state index in [0.717, 1.165) is 38.9 Å². The number of esters is 1. The number of rotatable bonds is 6. The topological polar surface area (TPSA) is 61.5 Å². The number of methoxy groups -OCH3 is 1. The number of ether oxygens (including phenoxy) is 2. The van der Waals surface area contributed by atoms with Crippen molar-refractivity contribution in [2.24, 2.45) is 16.6 Å². The van der Waals surface area contributed by atoms with Gasteiger partial charge in [-0.15, -0.1) is 0 Å². The van der Waals surface area contributed by atoms with Crippen molar-refractivity contribution in [2.45, 2.75) is 38.6 Å². The summed E-state index contributed by atoms with van der Waals surface area (Å²) in [6, 6.07) is -0.425. The van der Waals surface area contributed by atoms with Gasteiger partial charge < -0.3 is 15.2 Å². The molecule has 1 atom stereocenters. The lowest BCUT2D eigenvalue weighted by Crippen LogP contribution is -2.70. The maximum atomic E-state index is 11.4. The fourth-order valence-corrected chi connectivity index (χ4v) is 3.49. The van der Waals surface area contributed by atoms with Gasteiger partial charge in [0.15, 0.2) is 0 Å². The molecule has 0 aromatic carbocycles. The summed E-state index contributed by atoms with van der Waals surface area (Å²) in [5, 5.41) is 0. The standard InChI is InChI=1S/C12H21NO3/c1-3-16-5-4-11-6-12(7-11,8-11)9(13)10(14)15-2/h9H,3-8,13H2,1-2H3. The summed E-state index contributed by atoms with van der Waals surface area (Å²) in [6.07, 6.45) is 4.33. The van der Waals surface area contributed by atoms with E-state index in [2.05, 4.69) is 0 Å². The molecule has 0 aromatic rings. The highest BCUT2D eigenvalue weighted by molar-refractivity contribution is 5.77. The van der Waals surface area contributed by atoms with Crippen molar-refractivity contribution in [1.82, 2.24) is 0 Å². The van der Waals surface area contributed by atoms with Crippen molar-refractivity contribution < 1.29 is 14.3 Å². The number of carbonyl (C=O) groups is 1. The molecule has 0 spiro atoms. The van der Waals surface area contributed by atoms with Crippen LogP contribution in [0.3, 0.4) is 0 Å². The van der Waals surface area contributed by atoms with Crippen molar-refractivity contribution in [2.75, 3.05) is 20.3 Å². The summed E-state index contributed by atoms with van der Waals surface area (Å²) < 4.78 is 10.1. The molecule has 0 radical (unpaired) electrons. The molecule has 0 heterocycles. The van der Waals surface area contributed by atoms with Crippen LogP contribution in [0.1, 0.15) is 32.6 Å². The van der Waals surface area contributed by atoms with Gasteiger partial charge in [-0.3, -0.25) is 4.79 Å². The van der Waals surface area contributed by atoms with E-state index in [4.69, 9.17) is 15.2 Å². The number of carbonyl (C=O) groups excluding carboxylic acids is 1. The van der Waals surface area contributed by atoms with E-state index in [1.165, 1.54) is 7.11 Å². The van der Waals surface area contributed by atoms with E-state index < -0.39 is 6.04 Å². The molecule has 3 aliphatic carbocycles. The Morgan fingerprint density at radius 2 is 2.06 bits per heavy atom. The third-order valence-corrected chi connectivity index (χ3v) is 4.28. The van der Waals surface area contributed by atoms with Gasteiger partial charge in [0.05, 0.1) is 7.11 Å². The summed E-state index contributed by atoms with van der Waals surface area (Å²) in [6.45, 7) is 3.62. The predicted octanol–water partition coefficient (Wildman–Crippen LogP) is 1.08. The van der Waals surface area contributed by atoms with Gasteiger partial charge in [0.2, 0.25) is 0 Å². The zero-order valence-electron chi connectivity index (χ0n) is 10.1. The van der Waals surface area contributed by atoms with Crippen LogP contribution in [-0.2, 0) is 14.3 Å². The van der Waals surface area contributed by atoms with Crippen LogP contribution in [0.25, 0.3) is 0 Å². The molecule has 0 amide bonds. The maximum absolute atomic E-state index is 11.4. The Morgan fingerprint density at radius 3 is 2.56 bits per heavy atom. The first kappa shape index (κ1) is 11.9. The highest BCUT2D eigenvalue weighted by Gasteiger charge is 2.70. The van der Waals surface area contributed by atoms with E-state index in [9.17, 15) is 4.79 Å². The first-order chi connectivity index (χ1) is 7.57. The minimum absolute atomic E-state index is 0.0549. The van der Waals surface area contributed by atoms with Gasteiger partial charge in [-0.05, 0) is 43.4 Å². The Labute approximate surface area is 96.5 Å². The largest absolute Gasteiger partial charge is 0.468 e. The molecule has 16 heavy (non-hydrogen) atoms. The zero-order valence-corrected chi connectivity index (χ0v) is 10.1. The first-order valence-corrected chi connectivity index (χ1v) is 5.99. The molecule has 0 aromatic heterocycles. The third kappa shape index (κ3) is 1.64. The number of hydrogen-bond acceptors (Lipinski definition) is 4.